The van der Waals surface area contributed by atoms with Gasteiger partial charge in [-0.15, -0.1) is 0 Å². The molecule has 2 heteroatoms. The fourth-order valence-corrected chi connectivity index (χ4v) is 2.81. The van der Waals surface area contributed by atoms with Crippen molar-refractivity contribution in [1.29, 1.82) is 0 Å². The smallest absolute Gasteiger partial charge is 0.0412 e. The molecule has 0 saturated carbocycles. The summed E-state index contributed by atoms with van der Waals surface area (Å²) in [4.78, 5) is 2.57. The highest BCUT2D eigenvalue weighted by atomic mass is 15.2. The van der Waals surface area contributed by atoms with Crippen LogP contribution in [0, 0.1) is 5.92 Å². The lowest BCUT2D eigenvalue weighted by molar-refractivity contribution is 0.392. The Labute approximate surface area is 118 Å². The summed E-state index contributed by atoms with van der Waals surface area (Å²) in [6.07, 6.45) is 2.59. The molecule has 1 aromatic carbocycles. The molecule has 1 aliphatic heterocycles. The number of hydrogen-bond acceptors (Lipinski definition) is 2. The summed E-state index contributed by atoms with van der Waals surface area (Å²) in [5.41, 5.74) is 3.03. The van der Waals surface area contributed by atoms with E-state index in [0.717, 1.165) is 19.0 Å². The fourth-order valence-electron chi connectivity index (χ4n) is 2.81. The van der Waals surface area contributed by atoms with Gasteiger partial charge in [-0.1, -0.05) is 32.0 Å². The van der Waals surface area contributed by atoms with Gasteiger partial charge in [0.25, 0.3) is 0 Å². The average molecular weight is 260 g/mol. The Morgan fingerprint density at radius 1 is 1.26 bits per heavy atom. The van der Waals surface area contributed by atoms with Crippen molar-refractivity contribution < 1.29 is 0 Å². The van der Waals surface area contributed by atoms with Crippen molar-refractivity contribution in [2.45, 2.75) is 52.6 Å². The molecule has 106 valence electrons. The number of nitrogens with one attached hydrogen (secondary N) is 1. The second-order valence-electron chi connectivity index (χ2n) is 6.82. The summed E-state index contributed by atoms with van der Waals surface area (Å²) in [6.45, 7) is 12.4. The Morgan fingerprint density at radius 2 is 2.00 bits per heavy atom. The van der Waals surface area contributed by atoms with Crippen molar-refractivity contribution in [1.82, 2.24) is 5.32 Å². The lowest BCUT2D eigenvalue weighted by atomic mass is 10.0. The van der Waals surface area contributed by atoms with Crippen LogP contribution < -0.4 is 10.2 Å². The zero-order valence-corrected chi connectivity index (χ0v) is 12.9. The lowest BCUT2D eigenvalue weighted by Gasteiger charge is -2.32. The first-order valence-electron chi connectivity index (χ1n) is 7.56. The third kappa shape index (κ3) is 3.97. The van der Waals surface area contributed by atoms with E-state index in [2.05, 4.69) is 62.2 Å². The Kier molecular flexibility index (Phi) is 4.51. The molecule has 0 spiro atoms. The largest absolute Gasteiger partial charge is 0.369 e. The predicted molar refractivity (Wildman–Crippen MR) is 83.6 cm³/mol. The van der Waals surface area contributed by atoms with Crippen LogP contribution in [-0.4, -0.2) is 18.6 Å². The Hall–Kier alpha value is -1.02. The number of para-hydroxylation sites is 1. The molecule has 2 nitrogen and oxygen atoms in total. The summed E-state index contributed by atoms with van der Waals surface area (Å²) in [6, 6.07) is 8.82. The van der Waals surface area contributed by atoms with Gasteiger partial charge in [-0.2, -0.15) is 0 Å². The summed E-state index contributed by atoms with van der Waals surface area (Å²) in [5.74, 6) is 0.799. The van der Waals surface area contributed by atoms with Crippen LogP contribution >= 0.6 is 0 Å². The number of rotatable bonds is 4. The van der Waals surface area contributed by atoms with E-state index in [9.17, 15) is 0 Å². The minimum Gasteiger partial charge on any atom is -0.369 e. The van der Waals surface area contributed by atoms with E-state index in [1.54, 1.807) is 0 Å². The van der Waals surface area contributed by atoms with Crippen LogP contribution in [0.1, 0.15) is 46.1 Å². The Balaban J connectivity index is 2.13. The quantitative estimate of drug-likeness (QED) is 0.885. The zero-order chi connectivity index (χ0) is 13.9. The monoisotopic (exact) mass is 260 g/mol. The highest BCUT2D eigenvalue weighted by Crippen LogP contribution is 2.26. The van der Waals surface area contributed by atoms with Crippen LogP contribution in [0.15, 0.2) is 24.3 Å². The molecule has 19 heavy (non-hydrogen) atoms. The van der Waals surface area contributed by atoms with Crippen molar-refractivity contribution in [2.75, 3.05) is 18.0 Å². The molecule has 0 unspecified atom stereocenters. The molecule has 1 heterocycles. The number of nitrogens with zero attached hydrogens (tertiary/aromatic N) is 1. The summed E-state index contributed by atoms with van der Waals surface area (Å²) >= 11 is 0. The molecule has 0 aliphatic carbocycles. The van der Waals surface area contributed by atoms with Crippen molar-refractivity contribution in [2.24, 2.45) is 5.92 Å². The van der Waals surface area contributed by atoms with Gasteiger partial charge in [0.1, 0.15) is 0 Å². The van der Waals surface area contributed by atoms with Gasteiger partial charge in [0.05, 0.1) is 0 Å². The minimum absolute atomic E-state index is 0.177. The molecular formula is C17H28N2. The maximum Gasteiger partial charge on any atom is 0.0412 e. The molecule has 0 radical (unpaired) electrons. The minimum atomic E-state index is 0.177. The van der Waals surface area contributed by atoms with E-state index in [-0.39, 0.29) is 5.54 Å². The molecule has 0 saturated heterocycles. The highest BCUT2D eigenvalue weighted by Gasteiger charge is 2.26. The van der Waals surface area contributed by atoms with Gasteiger partial charge >= 0.3 is 0 Å². The van der Waals surface area contributed by atoms with Crippen molar-refractivity contribution in [3.05, 3.63) is 29.8 Å². The van der Waals surface area contributed by atoms with E-state index in [4.69, 9.17) is 0 Å². The summed E-state index contributed by atoms with van der Waals surface area (Å²) in [5, 5.41) is 3.66. The zero-order valence-electron chi connectivity index (χ0n) is 12.9. The van der Waals surface area contributed by atoms with Gasteiger partial charge in [-0.05, 0) is 44.2 Å². The number of hydrogen-bond donors (Lipinski definition) is 1. The molecule has 2 rings (SSSR count). The van der Waals surface area contributed by atoms with Gasteiger partial charge in [0.15, 0.2) is 0 Å². The third-order valence-corrected chi connectivity index (χ3v) is 3.89. The van der Waals surface area contributed by atoms with Gasteiger partial charge < -0.3 is 10.2 Å². The van der Waals surface area contributed by atoms with E-state index >= 15 is 0 Å². The van der Waals surface area contributed by atoms with Gasteiger partial charge in [-0.3, -0.25) is 0 Å². The molecule has 0 amide bonds. The standard InChI is InChI=1S/C17H28N2/c1-14(2)8-7-11-19-13-17(3,4)18-12-15-9-5-6-10-16(15)19/h5-6,9-10,14,18H,7-8,11-13H2,1-4H3. The Bertz CT molecular complexity index is 409. The molecular weight excluding hydrogens is 232 g/mol. The first-order valence-corrected chi connectivity index (χ1v) is 7.56. The molecule has 1 aliphatic rings. The van der Waals surface area contributed by atoms with E-state index in [1.807, 2.05) is 0 Å². The molecule has 0 bridgehead atoms. The second-order valence-corrected chi connectivity index (χ2v) is 6.82. The van der Waals surface area contributed by atoms with Crippen molar-refractivity contribution >= 4 is 5.69 Å². The molecule has 1 aromatic rings. The maximum atomic E-state index is 3.66. The Morgan fingerprint density at radius 3 is 2.74 bits per heavy atom. The van der Waals surface area contributed by atoms with Crippen LogP contribution in [0.3, 0.4) is 0 Å². The third-order valence-electron chi connectivity index (χ3n) is 3.89. The maximum absolute atomic E-state index is 3.66. The van der Waals surface area contributed by atoms with E-state index in [1.165, 1.54) is 30.6 Å². The van der Waals surface area contributed by atoms with Gasteiger partial charge in [0.2, 0.25) is 0 Å². The van der Waals surface area contributed by atoms with Gasteiger partial charge in [0, 0.05) is 30.9 Å². The van der Waals surface area contributed by atoms with Crippen LogP contribution in [-0.2, 0) is 6.54 Å². The topological polar surface area (TPSA) is 15.3 Å². The normalized spacial score (nSPS) is 18.3. The fraction of sp³-hybridized carbons (Fsp3) is 0.647. The molecule has 0 atom stereocenters. The van der Waals surface area contributed by atoms with Crippen molar-refractivity contribution in [3.8, 4) is 0 Å². The van der Waals surface area contributed by atoms with Crippen LogP contribution in [0.2, 0.25) is 0 Å². The average Bonchev–Trinajstić information content (AvgIpc) is 2.47. The number of anilines is 1. The number of benzene rings is 1. The SMILES string of the molecule is CC(C)CCCN1CC(C)(C)NCc2ccccc21. The number of fused-ring (bicyclic) bond motifs is 1. The first kappa shape index (κ1) is 14.4. The summed E-state index contributed by atoms with van der Waals surface area (Å²) in [7, 11) is 0. The van der Waals surface area contributed by atoms with E-state index in [0.29, 0.717) is 0 Å². The second kappa shape index (κ2) is 5.96. The summed E-state index contributed by atoms with van der Waals surface area (Å²) < 4.78 is 0. The van der Waals surface area contributed by atoms with Crippen LogP contribution in [0.4, 0.5) is 5.69 Å². The predicted octanol–water partition coefficient (Wildman–Crippen LogP) is 3.81. The molecule has 0 aromatic heterocycles. The highest BCUT2D eigenvalue weighted by molar-refractivity contribution is 5.55. The molecule has 0 fully saturated rings. The van der Waals surface area contributed by atoms with Crippen LogP contribution in [0.25, 0.3) is 0 Å². The van der Waals surface area contributed by atoms with Crippen LogP contribution in [0.5, 0.6) is 0 Å². The van der Waals surface area contributed by atoms with Gasteiger partial charge in [-0.25, -0.2) is 0 Å². The van der Waals surface area contributed by atoms with E-state index < -0.39 is 0 Å². The first-order chi connectivity index (χ1) is 8.98. The van der Waals surface area contributed by atoms with Crippen molar-refractivity contribution in [3.63, 3.8) is 0 Å². The molecule has 1 N–H and O–H groups in total. The lowest BCUT2D eigenvalue weighted by Crippen LogP contribution is -2.47.